The van der Waals surface area contributed by atoms with E-state index in [1.807, 2.05) is 29.3 Å². The van der Waals surface area contributed by atoms with Crippen molar-refractivity contribution in [2.45, 2.75) is 51.2 Å². The van der Waals surface area contributed by atoms with Gasteiger partial charge in [0.15, 0.2) is 5.76 Å². The van der Waals surface area contributed by atoms with Crippen LogP contribution in [-0.2, 0) is 13.1 Å². The van der Waals surface area contributed by atoms with Crippen molar-refractivity contribution in [3.05, 3.63) is 72.2 Å². The van der Waals surface area contributed by atoms with E-state index in [1.165, 1.54) is 6.42 Å². The highest BCUT2D eigenvalue weighted by Crippen LogP contribution is 2.26. The normalized spacial score (nSPS) is 14.7. The lowest BCUT2D eigenvalue weighted by atomic mass is 9.94. The number of nitrogens with zero attached hydrogens (tertiary/aromatic N) is 3. The Hall–Kier alpha value is -3.02. The average molecular weight is 393 g/mol. The van der Waals surface area contributed by atoms with Crippen molar-refractivity contribution < 1.29 is 13.9 Å². The van der Waals surface area contributed by atoms with Crippen LogP contribution < -0.4 is 4.74 Å². The van der Waals surface area contributed by atoms with E-state index in [2.05, 4.69) is 15.6 Å². The molecule has 0 aliphatic heterocycles. The molecule has 0 spiro atoms. The zero-order chi connectivity index (χ0) is 20.1. The maximum Gasteiger partial charge on any atom is 0.290 e. The number of imidazole rings is 1. The fourth-order valence-electron chi connectivity index (χ4n) is 4.06. The van der Waals surface area contributed by atoms with Gasteiger partial charge < -0.3 is 18.6 Å². The first-order valence-corrected chi connectivity index (χ1v) is 10.2. The van der Waals surface area contributed by atoms with Crippen LogP contribution in [0.2, 0.25) is 0 Å². The van der Waals surface area contributed by atoms with E-state index < -0.39 is 0 Å². The van der Waals surface area contributed by atoms with Gasteiger partial charge in [-0.1, -0.05) is 31.4 Å². The minimum atomic E-state index is -0.0576. The number of hydrogen-bond acceptors (Lipinski definition) is 4. The Morgan fingerprint density at radius 3 is 2.86 bits per heavy atom. The molecule has 2 aromatic heterocycles. The van der Waals surface area contributed by atoms with Gasteiger partial charge in [-0.05, 0) is 42.7 Å². The van der Waals surface area contributed by atoms with Gasteiger partial charge in [-0.3, -0.25) is 4.79 Å². The molecule has 1 saturated carbocycles. The number of aromatic nitrogens is 2. The third kappa shape index (κ3) is 4.53. The molecule has 0 saturated heterocycles. The van der Waals surface area contributed by atoms with Crippen LogP contribution in [0.5, 0.6) is 5.75 Å². The number of amides is 1. The number of carbonyl (C=O) groups is 1. The predicted octanol–water partition coefficient (Wildman–Crippen LogP) is 4.51. The molecule has 1 aliphatic carbocycles. The van der Waals surface area contributed by atoms with Gasteiger partial charge in [0.25, 0.3) is 5.91 Å². The second kappa shape index (κ2) is 8.99. The topological polar surface area (TPSA) is 60.5 Å². The smallest absolute Gasteiger partial charge is 0.290 e. The van der Waals surface area contributed by atoms with Crippen LogP contribution in [0.15, 0.2) is 59.5 Å². The number of methoxy groups -OCH3 is 1. The van der Waals surface area contributed by atoms with E-state index in [9.17, 15) is 4.79 Å². The van der Waals surface area contributed by atoms with Crippen molar-refractivity contribution in [1.82, 2.24) is 14.5 Å². The van der Waals surface area contributed by atoms with Gasteiger partial charge in [-0.15, -0.1) is 0 Å². The standard InChI is InChI=1S/C23H27N3O3/c1-28-20-10-5-7-18(15-20)16-25-13-12-24-22(25)17-26(19-8-3-2-4-9-19)23(27)21-11-6-14-29-21/h5-7,10-15,19H,2-4,8-9,16-17H2,1H3. The van der Waals surface area contributed by atoms with E-state index in [1.54, 1.807) is 31.7 Å². The molecule has 1 fully saturated rings. The molecule has 0 unspecified atom stereocenters. The zero-order valence-electron chi connectivity index (χ0n) is 16.8. The fraction of sp³-hybridized carbons (Fsp3) is 0.391. The lowest BCUT2D eigenvalue weighted by Crippen LogP contribution is -2.41. The molecular weight excluding hydrogens is 366 g/mol. The van der Waals surface area contributed by atoms with E-state index in [4.69, 9.17) is 9.15 Å². The Bertz CT molecular complexity index is 927. The molecular formula is C23H27N3O3. The lowest BCUT2D eigenvalue weighted by molar-refractivity contribution is 0.0572. The van der Waals surface area contributed by atoms with Crippen LogP contribution in [0, 0.1) is 0 Å². The largest absolute Gasteiger partial charge is 0.497 e. The molecule has 152 valence electrons. The van der Waals surface area contributed by atoms with Gasteiger partial charge in [0.2, 0.25) is 0 Å². The highest BCUT2D eigenvalue weighted by atomic mass is 16.5. The van der Waals surface area contributed by atoms with Crippen molar-refractivity contribution in [2.24, 2.45) is 0 Å². The molecule has 4 rings (SSSR count). The number of ether oxygens (including phenoxy) is 1. The van der Waals surface area contributed by atoms with E-state index >= 15 is 0 Å². The fourth-order valence-corrected chi connectivity index (χ4v) is 4.06. The molecule has 0 atom stereocenters. The summed E-state index contributed by atoms with van der Waals surface area (Å²) in [5.74, 6) is 2.04. The van der Waals surface area contributed by atoms with Crippen LogP contribution >= 0.6 is 0 Å². The Balaban J connectivity index is 1.56. The minimum absolute atomic E-state index is 0.0576. The summed E-state index contributed by atoms with van der Waals surface area (Å²) >= 11 is 0. The first kappa shape index (κ1) is 19.3. The third-order valence-corrected chi connectivity index (χ3v) is 5.61. The van der Waals surface area contributed by atoms with Crippen molar-refractivity contribution in [2.75, 3.05) is 7.11 Å². The van der Waals surface area contributed by atoms with Crippen LogP contribution in [0.3, 0.4) is 0 Å². The summed E-state index contributed by atoms with van der Waals surface area (Å²) in [6, 6.07) is 11.7. The second-order valence-electron chi connectivity index (χ2n) is 7.53. The molecule has 0 radical (unpaired) electrons. The van der Waals surface area contributed by atoms with Crippen molar-refractivity contribution in [1.29, 1.82) is 0 Å². The molecule has 6 heteroatoms. The van der Waals surface area contributed by atoms with Gasteiger partial charge in [0.1, 0.15) is 11.6 Å². The summed E-state index contributed by atoms with van der Waals surface area (Å²) < 4.78 is 12.8. The van der Waals surface area contributed by atoms with Crippen LogP contribution in [-0.4, -0.2) is 33.5 Å². The monoisotopic (exact) mass is 393 g/mol. The SMILES string of the molecule is COc1cccc(Cn2ccnc2CN(C(=O)c2ccco2)C2CCCCC2)c1. The van der Waals surface area contributed by atoms with Gasteiger partial charge in [-0.2, -0.15) is 0 Å². The lowest BCUT2D eigenvalue weighted by Gasteiger charge is -2.33. The average Bonchev–Trinajstić information content (AvgIpc) is 3.45. The quantitative estimate of drug-likeness (QED) is 0.593. The Kier molecular flexibility index (Phi) is 5.98. The molecule has 1 aromatic carbocycles. The van der Waals surface area contributed by atoms with E-state index in [0.29, 0.717) is 18.8 Å². The summed E-state index contributed by atoms with van der Waals surface area (Å²) in [6.45, 7) is 1.15. The summed E-state index contributed by atoms with van der Waals surface area (Å²) in [5.41, 5.74) is 1.13. The van der Waals surface area contributed by atoms with Crippen molar-refractivity contribution in [3.8, 4) is 5.75 Å². The molecule has 2 heterocycles. The minimum Gasteiger partial charge on any atom is -0.497 e. The summed E-state index contributed by atoms with van der Waals surface area (Å²) in [7, 11) is 1.67. The summed E-state index contributed by atoms with van der Waals surface area (Å²) in [6.07, 6.45) is 10.9. The number of benzene rings is 1. The van der Waals surface area contributed by atoms with Crippen LogP contribution in [0.1, 0.15) is 54.0 Å². The Morgan fingerprint density at radius 1 is 1.24 bits per heavy atom. The second-order valence-corrected chi connectivity index (χ2v) is 7.53. The third-order valence-electron chi connectivity index (χ3n) is 5.61. The highest BCUT2D eigenvalue weighted by molar-refractivity contribution is 5.91. The molecule has 1 aliphatic rings. The van der Waals surface area contributed by atoms with Gasteiger partial charge in [0.05, 0.1) is 19.9 Å². The Morgan fingerprint density at radius 2 is 2.10 bits per heavy atom. The van der Waals surface area contributed by atoms with E-state index in [0.717, 1.165) is 42.8 Å². The van der Waals surface area contributed by atoms with Crippen molar-refractivity contribution >= 4 is 5.91 Å². The molecule has 6 nitrogen and oxygen atoms in total. The first-order valence-electron chi connectivity index (χ1n) is 10.2. The predicted molar refractivity (Wildman–Crippen MR) is 110 cm³/mol. The summed E-state index contributed by atoms with van der Waals surface area (Å²) in [5, 5.41) is 0. The first-order chi connectivity index (χ1) is 14.2. The number of rotatable bonds is 7. The van der Waals surface area contributed by atoms with Gasteiger partial charge in [0, 0.05) is 25.0 Å². The molecule has 29 heavy (non-hydrogen) atoms. The molecule has 0 bridgehead atoms. The maximum atomic E-state index is 13.2. The molecule has 1 amide bonds. The van der Waals surface area contributed by atoms with Gasteiger partial charge in [-0.25, -0.2) is 4.98 Å². The number of furan rings is 1. The van der Waals surface area contributed by atoms with E-state index in [-0.39, 0.29) is 11.9 Å². The Labute approximate surface area is 171 Å². The number of hydrogen-bond donors (Lipinski definition) is 0. The highest BCUT2D eigenvalue weighted by Gasteiger charge is 2.29. The van der Waals surface area contributed by atoms with Crippen LogP contribution in [0.25, 0.3) is 0 Å². The zero-order valence-corrected chi connectivity index (χ0v) is 16.8. The molecule has 3 aromatic rings. The van der Waals surface area contributed by atoms with Crippen molar-refractivity contribution in [3.63, 3.8) is 0 Å². The number of carbonyl (C=O) groups excluding carboxylic acids is 1. The van der Waals surface area contributed by atoms with Gasteiger partial charge >= 0.3 is 0 Å². The van der Waals surface area contributed by atoms with Crippen LogP contribution in [0.4, 0.5) is 0 Å². The maximum absolute atomic E-state index is 13.2. The molecule has 0 N–H and O–H groups in total. The summed E-state index contributed by atoms with van der Waals surface area (Å²) in [4.78, 5) is 19.7.